The Bertz CT molecular complexity index is 1460. The van der Waals surface area contributed by atoms with Gasteiger partial charge in [0.2, 0.25) is 0 Å². The van der Waals surface area contributed by atoms with Gasteiger partial charge in [-0.25, -0.2) is 19.6 Å². The number of alkyl halides is 3. The van der Waals surface area contributed by atoms with Crippen molar-refractivity contribution < 1.29 is 27.5 Å². The molecular formula is C25H16F3N5O3. The first-order valence-electron chi connectivity index (χ1n) is 10.5. The quantitative estimate of drug-likeness (QED) is 0.397. The maximum absolute atomic E-state index is 13.5. The highest BCUT2D eigenvalue weighted by atomic mass is 19.4. The molecule has 180 valence electrons. The van der Waals surface area contributed by atoms with Crippen LogP contribution in [0.2, 0.25) is 0 Å². The fourth-order valence-corrected chi connectivity index (χ4v) is 3.58. The van der Waals surface area contributed by atoms with Crippen LogP contribution < -0.4 is 10.2 Å². The molecule has 1 aliphatic rings. The molecule has 0 radical (unpaired) electrons. The third kappa shape index (κ3) is 4.53. The Kier molecular flexibility index (Phi) is 6.54. The number of benzene rings is 1. The third-order valence-corrected chi connectivity index (χ3v) is 5.09. The van der Waals surface area contributed by atoms with E-state index in [1.54, 1.807) is 43.2 Å². The molecule has 0 spiro atoms. The average Bonchev–Trinajstić information content (AvgIpc) is 2.88. The molecule has 8 nitrogen and oxygen atoms in total. The summed E-state index contributed by atoms with van der Waals surface area (Å²) in [4.78, 5) is 33.1. The Balaban J connectivity index is 1.93. The number of ether oxygens (including phenoxy) is 1. The van der Waals surface area contributed by atoms with Crippen molar-refractivity contribution in [1.29, 1.82) is 5.26 Å². The van der Waals surface area contributed by atoms with Crippen molar-refractivity contribution in [3.05, 3.63) is 89.0 Å². The second kappa shape index (κ2) is 9.74. The highest BCUT2D eigenvalue weighted by Crippen LogP contribution is 2.44. The number of hydrogen-bond acceptors (Lipinski definition) is 8. The van der Waals surface area contributed by atoms with Crippen LogP contribution in [-0.2, 0) is 15.7 Å². The molecule has 11 heteroatoms. The predicted octanol–water partition coefficient (Wildman–Crippen LogP) is 4.89. The van der Waals surface area contributed by atoms with E-state index in [2.05, 4.69) is 15.3 Å². The Hall–Kier alpha value is -4.94. The SMILES string of the molecule is CCOC(=O)c1cc(NC2=C(C#N)C(=C=O)N(c3ccccc3)c3nc(C(F)(F)F)ccc32)ccn1. The summed E-state index contributed by atoms with van der Waals surface area (Å²) in [7, 11) is 0. The molecule has 1 aliphatic heterocycles. The minimum Gasteiger partial charge on any atom is -0.461 e. The van der Waals surface area contributed by atoms with Gasteiger partial charge in [0.25, 0.3) is 0 Å². The molecule has 0 amide bonds. The number of carbonyl (C=O) groups is 1. The van der Waals surface area contributed by atoms with Crippen molar-refractivity contribution in [2.24, 2.45) is 0 Å². The molecule has 3 heterocycles. The van der Waals surface area contributed by atoms with Crippen LogP contribution in [0, 0.1) is 11.3 Å². The molecule has 0 fully saturated rings. The van der Waals surface area contributed by atoms with Crippen LogP contribution in [0.1, 0.15) is 28.7 Å². The second-order valence-electron chi connectivity index (χ2n) is 7.32. The van der Waals surface area contributed by atoms with Gasteiger partial charge in [0, 0.05) is 23.1 Å². The third-order valence-electron chi connectivity index (χ3n) is 5.09. The van der Waals surface area contributed by atoms with E-state index in [1.165, 1.54) is 18.3 Å². The Morgan fingerprint density at radius 3 is 2.56 bits per heavy atom. The van der Waals surface area contributed by atoms with E-state index in [4.69, 9.17) is 4.74 Å². The smallest absolute Gasteiger partial charge is 0.433 e. The average molecular weight is 491 g/mol. The normalized spacial score (nSPS) is 13.0. The van der Waals surface area contributed by atoms with Crippen LogP contribution in [0.5, 0.6) is 0 Å². The van der Waals surface area contributed by atoms with Gasteiger partial charge in [-0.1, -0.05) is 18.2 Å². The first-order chi connectivity index (χ1) is 17.3. The molecule has 1 N–H and O–H groups in total. The molecule has 0 bridgehead atoms. The van der Waals surface area contributed by atoms with Crippen LogP contribution in [0.4, 0.5) is 30.4 Å². The Labute approximate surface area is 203 Å². The van der Waals surface area contributed by atoms with E-state index in [-0.39, 0.29) is 46.3 Å². The maximum Gasteiger partial charge on any atom is 0.433 e. The van der Waals surface area contributed by atoms with Gasteiger partial charge in [0.15, 0.2) is 11.6 Å². The molecule has 4 rings (SSSR count). The van der Waals surface area contributed by atoms with Gasteiger partial charge in [-0.3, -0.25) is 4.90 Å². The van der Waals surface area contributed by atoms with E-state index in [0.717, 1.165) is 17.0 Å². The molecule has 0 saturated carbocycles. The zero-order chi connectivity index (χ0) is 25.9. The number of allylic oxidation sites excluding steroid dienone is 1. The number of carbonyl (C=O) groups excluding carboxylic acids is 2. The number of halogens is 3. The zero-order valence-electron chi connectivity index (χ0n) is 18.6. The number of rotatable bonds is 5. The zero-order valence-corrected chi connectivity index (χ0v) is 18.6. The van der Waals surface area contributed by atoms with Crippen LogP contribution in [-0.4, -0.2) is 28.5 Å². The van der Waals surface area contributed by atoms with Gasteiger partial charge in [0.05, 0.1) is 12.3 Å². The molecule has 0 unspecified atom stereocenters. The second-order valence-corrected chi connectivity index (χ2v) is 7.32. The number of aromatic nitrogens is 2. The number of fused-ring (bicyclic) bond motifs is 1. The molecule has 36 heavy (non-hydrogen) atoms. The molecule has 2 aromatic heterocycles. The van der Waals surface area contributed by atoms with Crippen LogP contribution in [0.25, 0.3) is 5.70 Å². The summed E-state index contributed by atoms with van der Waals surface area (Å²) < 4.78 is 45.6. The number of anilines is 3. The summed E-state index contributed by atoms with van der Waals surface area (Å²) in [6.07, 6.45) is -3.43. The molecule has 0 aliphatic carbocycles. The minimum atomic E-state index is -4.76. The van der Waals surface area contributed by atoms with Crippen molar-refractivity contribution >= 4 is 34.8 Å². The molecule has 3 aromatic rings. The number of nitriles is 1. The number of esters is 1. The standard InChI is InChI=1S/C25H16F3N5O3/c1-2-36-24(35)19-12-15(10-11-30-19)31-22-17-8-9-21(25(26,27)28)32-23(17)33(16-6-4-3-5-7-16)20(14-34)18(22)13-29/h3-12H,2H2,1H3,(H,30,31). The number of pyridine rings is 2. The number of hydrogen-bond donors (Lipinski definition) is 1. The minimum absolute atomic E-state index is 0.0141. The van der Waals surface area contributed by atoms with Crippen LogP contribution in [0.3, 0.4) is 0 Å². The van der Waals surface area contributed by atoms with Crippen molar-refractivity contribution in [1.82, 2.24) is 9.97 Å². The number of nitrogens with one attached hydrogen (secondary N) is 1. The van der Waals surface area contributed by atoms with Crippen LogP contribution in [0.15, 0.2) is 72.1 Å². The van der Waals surface area contributed by atoms with Crippen molar-refractivity contribution in [2.45, 2.75) is 13.1 Å². The van der Waals surface area contributed by atoms with Crippen molar-refractivity contribution in [3.63, 3.8) is 0 Å². The summed E-state index contributed by atoms with van der Waals surface area (Å²) in [5.41, 5.74) is -0.996. The Morgan fingerprint density at radius 1 is 1.17 bits per heavy atom. The summed E-state index contributed by atoms with van der Waals surface area (Å²) >= 11 is 0. The highest BCUT2D eigenvalue weighted by molar-refractivity contribution is 5.99. The fourth-order valence-electron chi connectivity index (χ4n) is 3.58. The topological polar surface area (TPSA) is 108 Å². The lowest BCUT2D eigenvalue weighted by Gasteiger charge is -2.32. The van der Waals surface area contributed by atoms with Gasteiger partial charge in [-0.05, 0) is 43.3 Å². The number of nitrogens with zero attached hydrogens (tertiary/aromatic N) is 4. The monoisotopic (exact) mass is 491 g/mol. The van der Waals surface area contributed by atoms with E-state index < -0.39 is 17.8 Å². The first-order valence-corrected chi connectivity index (χ1v) is 10.5. The number of para-hydroxylation sites is 1. The molecule has 1 aromatic carbocycles. The van der Waals surface area contributed by atoms with Gasteiger partial charge in [-0.2, -0.15) is 18.4 Å². The largest absolute Gasteiger partial charge is 0.461 e. The lowest BCUT2D eigenvalue weighted by Crippen LogP contribution is -2.28. The van der Waals surface area contributed by atoms with E-state index in [1.807, 2.05) is 6.07 Å². The van der Waals surface area contributed by atoms with Gasteiger partial charge in [-0.15, -0.1) is 0 Å². The van der Waals surface area contributed by atoms with Crippen LogP contribution >= 0.6 is 0 Å². The lowest BCUT2D eigenvalue weighted by molar-refractivity contribution is -0.141. The molecule has 0 atom stereocenters. The first kappa shape index (κ1) is 24.2. The highest BCUT2D eigenvalue weighted by Gasteiger charge is 2.38. The maximum atomic E-state index is 13.5. The lowest BCUT2D eigenvalue weighted by atomic mass is 9.98. The summed E-state index contributed by atoms with van der Waals surface area (Å²) in [5, 5.41) is 12.9. The molecular weight excluding hydrogens is 475 g/mol. The predicted molar refractivity (Wildman–Crippen MR) is 123 cm³/mol. The van der Waals surface area contributed by atoms with Gasteiger partial charge in [0.1, 0.15) is 28.8 Å². The van der Waals surface area contributed by atoms with E-state index in [9.17, 15) is 28.0 Å². The van der Waals surface area contributed by atoms with Gasteiger partial charge < -0.3 is 10.1 Å². The Morgan fingerprint density at radius 2 is 1.92 bits per heavy atom. The van der Waals surface area contributed by atoms with E-state index >= 15 is 0 Å². The summed E-state index contributed by atoms with van der Waals surface area (Å²) in [6.45, 7) is 1.77. The van der Waals surface area contributed by atoms with Crippen molar-refractivity contribution in [3.8, 4) is 6.07 Å². The van der Waals surface area contributed by atoms with Crippen molar-refractivity contribution in [2.75, 3.05) is 16.8 Å². The van der Waals surface area contributed by atoms with Gasteiger partial charge >= 0.3 is 12.1 Å². The summed E-state index contributed by atoms with van der Waals surface area (Å²) in [5.74, 6) is 0.772. The molecule has 0 saturated heterocycles. The summed E-state index contributed by atoms with van der Waals surface area (Å²) in [6, 6.07) is 14.8. The fraction of sp³-hybridized carbons (Fsp3) is 0.120. The van der Waals surface area contributed by atoms with E-state index in [0.29, 0.717) is 5.69 Å².